The number of hydrazine groups is 1. The summed E-state index contributed by atoms with van der Waals surface area (Å²) >= 11 is 0. The maximum Gasteiger partial charge on any atom is 0.324 e. The normalized spacial score (nSPS) is 22.6. The van der Waals surface area contributed by atoms with Gasteiger partial charge in [0.15, 0.2) is 0 Å². The summed E-state index contributed by atoms with van der Waals surface area (Å²) in [5.41, 5.74) is 9.81. The molecule has 14 nitrogen and oxygen atoms in total. The SMILES string of the molecule is CCn1c(-c2cccnc2C(C)C)c2c3cc(ccc31)-c1cc(O)cc(c1)C[C@H](NC(=O)[C@H](C(C)C)N(C)C(=O)C1CCNC13COC3)C(=O)N1CCC[C@H](N1)C(=O)OCC(C)(C)C2. The topological polar surface area (TPSA) is 167 Å². The van der Waals surface area contributed by atoms with Gasteiger partial charge in [-0.2, -0.15) is 0 Å². The quantitative estimate of drug-likeness (QED) is 0.161. The molecular formula is C50H65N7O7. The predicted octanol–water partition coefficient (Wildman–Crippen LogP) is 5.73. The Bertz CT molecular complexity index is 2440. The summed E-state index contributed by atoms with van der Waals surface area (Å²) in [7, 11) is 1.66. The number of phenolic OH excluding ortho intramolecular Hbond substituents is 1. The third kappa shape index (κ3) is 8.64. The fourth-order valence-corrected chi connectivity index (χ4v) is 10.5. The Morgan fingerprint density at radius 2 is 1.81 bits per heavy atom. The molecule has 6 heterocycles. The van der Waals surface area contributed by atoms with Crippen LogP contribution in [-0.4, -0.2) is 112 Å². The van der Waals surface area contributed by atoms with E-state index >= 15 is 0 Å². The van der Waals surface area contributed by atoms with Crippen LogP contribution in [0.4, 0.5) is 0 Å². The van der Waals surface area contributed by atoms with Crippen molar-refractivity contribution in [3.05, 3.63) is 71.5 Å². The van der Waals surface area contributed by atoms with Crippen LogP contribution in [0.2, 0.25) is 0 Å². The van der Waals surface area contributed by atoms with Crippen molar-refractivity contribution in [2.24, 2.45) is 17.3 Å². The molecule has 342 valence electrons. The number of hydrogen-bond donors (Lipinski definition) is 4. The Labute approximate surface area is 376 Å². The summed E-state index contributed by atoms with van der Waals surface area (Å²) in [6, 6.07) is 13.0. The second kappa shape index (κ2) is 17.9. The maximum absolute atomic E-state index is 14.7. The number of likely N-dealkylation sites (N-methyl/N-ethyl adjacent to an activating group) is 1. The molecule has 2 aromatic heterocycles. The average Bonchev–Trinajstić information content (AvgIpc) is 3.84. The van der Waals surface area contributed by atoms with Gasteiger partial charge in [-0.05, 0) is 110 Å². The van der Waals surface area contributed by atoms with Crippen molar-refractivity contribution >= 4 is 34.6 Å². The van der Waals surface area contributed by atoms with Gasteiger partial charge in [0.1, 0.15) is 23.9 Å². The number of aryl methyl sites for hydroxylation is 1. The van der Waals surface area contributed by atoms with Crippen molar-refractivity contribution in [2.75, 3.05) is 40.0 Å². The zero-order valence-corrected chi connectivity index (χ0v) is 38.6. The summed E-state index contributed by atoms with van der Waals surface area (Å²) in [6.07, 6.45) is 4.12. The van der Waals surface area contributed by atoms with E-state index in [4.69, 9.17) is 14.5 Å². The Morgan fingerprint density at radius 3 is 2.52 bits per heavy atom. The number of hydrogen-bond acceptors (Lipinski definition) is 10. The molecule has 3 saturated heterocycles. The van der Waals surface area contributed by atoms with E-state index in [0.717, 1.165) is 44.5 Å². The number of carbonyl (C=O) groups excluding carboxylic acids is 4. The number of aromatic nitrogens is 2. The molecule has 1 spiro atoms. The summed E-state index contributed by atoms with van der Waals surface area (Å²) in [4.78, 5) is 63.7. The molecule has 2 aromatic carbocycles. The van der Waals surface area contributed by atoms with Gasteiger partial charge in [-0.25, -0.2) is 5.43 Å². The van der Waals surface area contributed by atoms with Gasteiger partial charge in [0.05, 0.1) is 42.7 Å². The first-order valence-electron chi connectivity index (χ1n) is 23.1. The summed E-state index contributed by atoms with van der Waals surface area (Å²) < 4.78 is 14.0. The lowest BCUT2D eigenvalue weighted by Crippen LogP contribution is -2.65. The lowest BCUT2D eigenvalue weighted by atomic mass is 9.82. The van der Waals surface area contributed by atoms with Crippen LogP contribution in [0.25, 0.3) is 33.3 Å². The van der Waals surface area contributed by atoms with E-state index < -0.39 is 46.9 Å². The molecule has 0 aliphatic carbocycles. The van der Waals surface area contributed by atoms with Crippen LogP contribution in [0, 0.1) is 17.3 Å². The fraction of sp³-hybridized carbons (Fsp3) is 0.540. The molecule has 8 rings (SSSR count). The summed E-state index contributed by atoms with van der Waals surface area (Å²) in [5, 5.41) is 20.3. The van der Waals surface area contributed by atoms with Crippen LogP contribution in [0.5, 0.6) is 5.75 Å². The van der Waals surface area contributed by atoms with Crippen LogP contribution in [0.15, 0.2) is 54.7 Å². The van der Waals surface area contributed by atoms with E-state index in [-0.39, 0.29) is 42.4 Å². The van der Waals surface area contributed by atoms with Crippen LogP contribution in [-0.2, 0) is 48.0 Å². The molecule has 4 aliphatic heterocycles. The molecule has 4 N–H and O–H groups in total. The van der Waals surface area contributed by atoms with Gasteiger partial charge in [-0.1, -0.05) is 53.7 Å². The minimum atomic E-state index is -1.11. The third-order valence-electron chi connectivity index (χ3n) is 13.7. The Balaban J connectivity index is 1.21. The largest absolute Gasteiger partial charge is 0.508 e. The summed E-state index contributed by atoms with van der Waals surface area (Å²) in [6.45, 7) is 17.2. The van der Waals surface area contributed by atoms with Crippen molar-refractivity contribution in [3.8, 4) is 28.1 Å². The van der Waals surface area contributed by atoms with E-state index in [1.165, 1.54) is 9.91 Å². The molecule has 4 aromatic rings. The highest BCUT2D eigenvalue weighted by molar-refractivity contribution is 5.96. The fourth-order valence-electron chi connectivity index (χ4n) is 10.5. The van der Waals surface area contributed by atoms with Gasteiger partial charge in [-0.15, -0.1) is 0 Å². The molecule has 3 amide bonds. The minimum Gasteiger partial charge on any atom is -0.508 e. The predicted molar refractivity (Wildman–Crippen MR) is 245 cm³/mol. The highest BCUT2D eigenvalue weighted by Crippen LogP contribution is 2.42. The first kappa shape index (κ1) is 45.3. The number of ether oxygens (including phenoxy) is 2. The van der Waals surface area contributed by atoms with Gasteiger partial charge in [-0.3, -0.25) is 29.2 Å². The minimum absolute atomic E-state index is 0.0213. The zero-order valence-electron chi connectivity index (χ0n) is 38.6. The molecule has 0 radical (unpaired) electrons. The van der Waals surface area contributed by atoms with Crippen molar-refractivity contribution in [2.45, 2.75) is 117 Å². The number of benzene rings is 2. The number of carbonyl (C=O) groups is 4. The van der Waals surface area contributed by atoms with Gasteiger partial charge in [0.25, 0.3) is 5.91 Å². The van der Waals surface area contributed by atoms with Gasteiger partial charge < -0.3 is 34.7 Å². The number of rotatable bonds is 8. The van der Waals surface area contributed by atoms with Gasteiger partial charge in [0, 0.05) is 54.6 Å². The van der Waals surface area contributed by atoms with E-state index in [2.05, 4.69) is 79.5 Å². The average molecular weight is 876 g/mol. The first-order valence-corrected chi connectivity index (χ1v) is 23.1. The number of fused-ring (bicyclic) bond motifs is 6. The van der Waals surface area contributed by atoms with Crippen LogP contribution < -0.4 is 16.1 Å². The molecular weight excluding hydrogens is 811 g/mol. The maximum atomic E-state index is 14.7. The molecule has 0 saturated carbocycles. The standard InChI is InChI=1S/C50H65N7O7/c1-9-56-41-15-14-32-24-36(41)37(44(56)35-12-10-17-51-42(35)29(2)3)25-49(6,7)26-64-48(62)39-13-11-19-57(54-39)47(61)40(22-31-20-33(32)23-34(58)21-31)53-45(59)43(30(4)5)55(8)46(60)38-16-18-52-50(38)27-63-28-50/h10,12,14-15,17,20-21,23-24,29-30,38-40,43,52,54,58H,9,11,13,16,18-19,22,25-28H2,1-8H3,(H,53,59)/t38?,39-,40-,43-/m0/s1. The smallest absolute Gasteiger partial charge is 0.324 e. The van der Waals surface area contributed by atoms with E-state index in [0.29, 0.717) is 64.1 Å². The first-order chi connectivity index (χ1) is 30.5. The third-order valence-corrected chi connectivity index (χ3v) is 13.7. The van der Waals surface area contributed by atoms with Crippen molar-refractivity contribution in [1.29, 1.82) is 0 Å². The highest BCUT2D eigenvalue weighted by Gasteiger charge is 2.53. The lowest BCUT2D eigenvalue weighted by Gasteiger charge is -2.44. The number of pyridine rings is 1. The molecule has 4 aliphatic rings. The second-order valence-electron chi connectivity index (χ2n) is 19.9. The number of aromatic hydroxyl groups is 1. The highest BCUT2D eigenvalue weighted by atomic mass is 16.5. The number of amides is 3. The van der Waals surface area contributed by atoms with Crippen molar-refractivity contribution < 1.29 is 33.8 Å². The van der Waals surface area contributed by atoms with Crippen molar-refractivity contribution in [1.82, 2.24) is 35.5 Å². The summed E-state index contributed by atoms with van der Waals surface area (Å²) in [5.74, 6) is -1.91. The van der Waals surface area contributed by atoms with E-state index in [1.54, 1.807) is 19.2 Å². The molecule has 6 bridgehead atoms. The van der Waals surface area contributed by atoms with Crippen LogP contribution in [0.3, 0.4) is 0 Å². The Morgan fingerprint density at radius 1 is 1.03 bits per heavy atom. The number of nitrogens with zero attached hydrogens (tertiary/aromatic N) is 4. The Kier molecular flexibility index (Phi) is 12.7. The van der Waals surface area contributed by atoms with Gasteiger partial charge >= 0.3 is 5.97 Å². The van der Waals surface area contributed by atoms with E-state index in [1.807, 2.05) is 32.2 Å². The molecule has 64 heavy (non-hydrogen) atoms. The second-order valence-corrected chi connectivity index (χ2v) is 19.9. The number of phenols is 1. The zero-order chi connectivity index (χ0) is 45.7. The molecule has 4 atom stereocenters. The number of cyclic esters (lactones) is 1. The number of nitrogens with one attached hydrogen (secondary N) is 3. The van der Waals surface area contributed by atoms with Crippen LogP contribution in [0.1, 0.15) is 90.5 Å². The molecule has 3 fully saturated rings. The monoisotopic (exact) mass is 875 g/mol. The Hall–Kier alpha value is -5.31. The van der Waals surface area contributed by atoms with Gasteiger partial charge in [0.2, 0.25) is 11.8 Å². The lowest BCUT2D eigenvalue weighted by molar-refractivity contribution is -0.156. The van der Waals surface area contributed by atoms with Crippen LogP contribution >= 0.6 is 0 Å². The molecule has 14 heteroatoms. The molecule has 1 unspecified atom stereocenters. The number of esters is 1. The van der Waals surface area contributed by atoms with Crippen molar-refractivity contribution in [3.63, 3.8) is 0 Å². The van der Waals surface area contributed by atoms with E-state index in [9.17, 15) is 24.3 Å².